The molecule has 1 unspecified atom stereocenters. The lowest BCUT2D eigenvalue weighted by molar-refractivity contribution is -0.121. The smallest absolute Gasteiger partial charge is 0.262 e. The van der Waals surface area contributed by atoms with Crippen LogP contribution in [0, 0.1) is 0 Å². The van der Waals surface area contributed by atoms with Crippen LogP contribution in [-0.4, -0.2) is 37.8 Å². The summed E-state index contributed by atoms with van der Waals surface area (Å²) >= 11 is 0. The standard InChI is InChI=1S/C26H31N5O3/c1-18(2)34-17-9-16-30-25(33)21-12-7-8-13-22(21)31-23(28-29-26(30)31)14-15-24(32)27-19(3)20-10-5-4-6-11-20/h4-8,10-13,18-19H,9,14-17H2,1-3H3,(H,27,32). The molecule has 0 saturated carbocycles. The van der Waals surface area contributed by atoms with Crippen LogP contribution < -0.4 is 10.9 Å². The molecule has 1 amide bonds. The summed E-state index contributed by atoms with van der Waals surface area (Å²) in [5.41, 5.74) is 1.71. The second-order valence-corrected chi connectivity index (χ2v) is 8.70. The Hall–Kier alpha value is -3.52. The van der Waals surface area contributed by atoms with E-state index in [1.165, 1.54) is 0 Å². The Labute approximate surface area is 198 Å². The number of hydrogen-bond acceptors (Lipinski definition) is 5. The molecule has 4 rings (SSSR count). The number of aryl methyl sites for hydroxylation is 2. The van der Waals surface area contributed by atoms with Gasteiger partial charge in [-0.05, 0) is 44.9 Å². The summed E-state index contributed by atoms with van der Waals surface area (Å²) in [6.45, 7) is 6.98. The minimum atomic E-state index is -0.0963. The first-order valence-electron chi connectivity index (χ1n) is 11.8. The van der Waals surface area contributed by atoms with Crippen molar-refractivity contribution in [3.63, 3.8) is 0 Å². The molecular formula is C26H31N5O3. The summed E-state index contributed by atoms with van der Waals surface area (Å²) in [7, 11) is 0. The fraction of sp³-hybridized carbons (Fsp3) is 0.385. The first kappa shape index (κ1) is 23.6. The number of rotatable bonds is 10. The molecule has 2 aromatic heterocycles. The third-order valence-electron chi connectivity index (χ3n) is 5.80. The van der Waals surface area contributed by atoms with Crippen molar-refractivity contribution in [3.8, 4) is 0 Å². The lowest BCUT2D eigenvalue weighted by Crippen LogP contribution is -2.27. The van der Waals surface area contributed by atoms with E-state index < -0.39 is 0 Å². The van der Waals surface area contributed by atoms with Gasteiger partial charge in [0.25, 0.3) is 5.56 Å². The van der Waals surface area contributed by atoms with Gasteiger partial charge in [-0.3, -0.25) is 18.6 Å². The van der Waals surface area contributed by atoms with E-state index in [0.717, 1.165) is 11.1 Å². The monoisotopic (exact) mass is 461 g/mol. The molecule has 0 aliphatic rings. The van der Waals surface area contributed by atoms with Crippen LogP contribution in [0.3, 0.4) is 0 Å². The number of carbonyl (C=O) groups excluding carboxylic acids is 1. The Morgan fingerprint density at radius 3 is 2.53 bits per heavy atom. The van der Waals surface area contributed by atoms with Crippen molar-refractivity contribution in [2.75, 3.05) is 6.61 Å². The number of amides is 1. The number of nitrogens with one attached hydrogen (secondary N) is 1. The Bertz CT molecular complexity index is 1330. The molecule has 1 atom stereocenters. The number of hydrogen-bond donors (Lipinski definition) is 1. The minimum absolute atomic E-state index is 0.0587. The zero-order valence-corrected chi connectivity index (χ0v) is 19.9. The number of nitrogens with zero attached hydrogens (tertiary/aromatic N) is 4. The van der Waals surface area contributed by atoms with Gasteiger partial charge in [0.15, 0.2) is 0 Å². The number of carbonyl (C=O) groups is 1. The predicted octanol–water partition coefficient (Wildman–Crippen LogP) is 3.67. The molecule has 0 spiro atoms. The van der Waals surface area contributed by atoms with E-state index in [0.29, 0.717) is 43.0 Å². The summed E-state index contributed by atoms with van der Waals surface area (Å²) in [6.07, 6.45) is 1.51. The van der Waals surface area contributed by atoms with Crippen LogP contribution in [0.2, 0.25) is 0 Å². The highest BCUT2D eigenvalue weighted by Crippen LogP contribution is 2.16. The Morgan fingerprint density at radius 1 is 1.03 bits per heavy atom. The fourth-order valence-corrected chi connectivity index (χ4v) is 4.08. The van der Waals surface area contributed by atoms with Gasteiger partial charge in [-0.15, -0.1) is 10.2 Å². The van der Waals surface area contributed by atoms with Crippen LogP contribution in [-0.2, 0) is 22.5 Å². The second-order valence-electron chi connectivity index (χ2n) is 8.70. The van der Waals surface area contributed by atoms with Crippen LogP contribution in [0.4, 0.5) is 0 Å². The molecule has 8 nitrogen and oxygen atoms in total. The van der Waals surface area contributed by atoms with E-state index in [1.807, 2.05) is 79.8 Å². The first-order valence-corrected chi connectivity index (χ1v) is 11.8. The van der Waals surface area contributed by atoms with Crippen LogP contribution in [0.15, 0.2) is 59.4 Å². The quantitative estimate of drug-likeness (QED) is 0.364. The summed E-state index contributed by atoms with van der Waals surface area (Å²) in [6, 6.07) is 17.2. The zero-order valence-electron chi connectivity index (χ0n) is 19.9. The zero-order chi connectivity index (χ0) is 24.1. The topological polar surface area (TPSA) is 90.5 Å². The van der Waals surface area contributed by atoms with Gasteiger partial charge < -0.3 is 10.1 Å². The molecule has 0 radical (unpaired) electrons. The summed E-state index contributed by atoms with van der Waals surface area (Å²) in [5.74, 6) is 1.08. The average molecular weight is 462 g/mol. The van der Waals surface area contributed by atoms with E-state index in [2.05, 4.69) is 15.5 Å². The highest BCUT2D eigenvalue weighted by atomic mass is 16.5. The highest BCUT2D eigenvalue weighted by molar-refractivity contribution is 5.80. The Balaban J connectivity index is 1.56. The van der Waals surface area contributed by atoms with Crippen LogP contribution >= 0.6 is 0 Å². The molecule has 0 bridgehead atoms. The van der Waals surface area contributed by atoms with Crippen molar-refractivity contribution in [2.45, 2.75) is 58.7 Å². The molecule has 4 aromatic rings. The number of para-hydroxylation sites is 1. The summed E-state index contributed by atoms with van der Waals surface area (Å²) in [4.78, 5) is 25.8. The van der Waals surface area contributed by atoms with Crippen molar-refractivity contribution in [2.24, 2.45) is 0 Å². The van der Waals surface area contributed by atoms with Gasteiger partial charge >= 0.3 is 0 Å². The highest BCUT2D eigenvalue weighted by Gasteiger charge is 2.17. The maximum Gasteiger partial charge on any atom is 0.262 e. The van der Waals surface area contributed by atoms with E-state index in [9.17, 15) is 9.59 Å². The number of fused-ring (bicyclic) bond motifs is 3. The SMILES string of the molecule is CC(C)OCCCn1c(=O)c2ccccc2n2c(CCC(=O)NC(C)c3ccccc3)nnc12. The maximum absolute atomic E-state index is 13.2. The van der Waals surface area contributed by atoms with E-state index >= 15 is 0 Å². The molecule has 2 aromatic carbocycles. The Kier molecular flexibility index (Phi) is 7.37. The van der Waals surface area contributed by atoms with Crippen molar-refractivity contribution >= 4 is 22.6 Å². The van der Waals surface area contributed by atoms with Gasteiger partial charge in [-0.25, -0.2) is 0 Å². The van der Waals surface area contributed by atoms with Gasteiger partial charge in [0, 0.05) is 26.0 Å². The minimum Gasteiger partial charge on any atom is -0.379 e. The van der Waals surface area contributed by atoms with Crippen LogP contribution in [0.25, 0.3) is 16.7 Å². The maximum atomic E-state index is 13.2. The van der Waals surface area contributed by atoms with E-state index in [1.54, 1.807) is 4.57 Å². The average Bonchev–Trinajstić information content (AvgIpc) is 3.26. The van der Waals surface area contributed by atoms with Gasteiger partial charge in [-0.1, -0.05) is 42.5 Å². The molecule has 8 heteroatoms. The third-order valence-corrected chi connectivity index (χ3v) is 5.80. The number of benzene rings is 2. The first-order chi connectivity index (χ1) is 16.5. The molecule has 34 heavy (non-hydrogen) atoms. The second kappa shape index (κ2) is 10.6. The van der Waals surface area contributed by atoms with Crippen LogP contribution in [0.1, 0.15) is 51.0 Å². The van der Waals surface area contributed by atoms with Gasteiger partial charge in [-0.2, -0.15) is 0 Å². The molecule has 0 aliphatic carbocycles. The van der Waals surface area contributed by atoms with Crippen molar-refractivity contribution in [1.82, 2.24) is 24.5 Å². The summed E-state index contributed by atoms with van der Waals surface area (Å²) in [5, 5.41) is 12.3. The summed E-state index contributed by atoms with van der Waals surface area (Å²) < 4.78 is 9.18. The predicted molar refractivity (Wildman–Crippen MR) is 132 cm³/mol. The molecule has 0 saturated heterocycles. The van der Waals surface area contributed by atoms with E-state index in [-0.39, 0.29) is 30.0 Å². The number of ether oxygens (including phenoxy) is 1. The van der Waals surface area contributed by atoms with Gasteiger partial charge in [0.1, 0.15) is 5.82 Å². The van der Waals surface area contributed by atoms with Crippen molar-refractivity contribution in [3.05, 3.63) is 76.3 Å². The number of aromatic nitrogens is 4. The lowest BCUT2D eigenvalue weighted by Gasteiger charge is -2.14. The molecule has 2 heterocycles. The fourth-order valence-electron chi connectivity index (χ4n) is 4.08. The third kappa shape index (κ3) is 5.17. The molecule has 178 valence electrons. The van der Waals surface area contributed by atoms with E-state index in [4.69, 9.17) is 4.74 Å². The molecule has 1 N–H and O–H groups in total. The van der Waals surface area contributed by atoms with Gasteiger partial charge in [0.05, 0.1) is 23.0 Å². The normalized spacial score (nSPS) is 12.5. The molecule has 0 fully saturated rings. The Morgan fingerprint density at radius 2 is 1.76 bits per heavy atom. The van der Waals surface area contributed by atoms with Crippen molar-refractivity contribution in [1.29, 1.82) is 0 Å². The lowest BCUT2D eigenvalue weighted by atomic mass is 10.1. The van der Waals surface area contributed by atoms with Gasteiger partial charge in [0.2, 0.25) is 11.7 Å². The van der Waals surface area contributed by atoms with Crippen molar-refractivity contribution < 1.29 is 9.53 Å². The largest absolute Gasteiger partial charge is 0.379 e. The molecule has 0 aliphatic heterocycles. The molecular weight excluding hydrogens is 430 g/mol. The van der Waals surface area contributed by atoms with Crippen LogP contribution in [0.5, 0.6) is 0 Å².